The highest BCUT2D eigenvalue weighted by Gasteiger charge is 2.29. The van der Waals surface area contributed by atoms with Crippen LogP contribution in [-0.4, -0.2) is 9.52 Å². The van der Waals surface area contributed by atoms with Crippen molar-refractivity contribution in [1.29, 1.82) is 0 Å². The minimum atomic E-state index is 0.400. The average Bonchev–Trinajstić information content (AvgIpc) is 2.81. The van der Waals surface area contributed by atoms with Gasteiger partial charge in [0.05, 0.1) is 9.52 Å². The lowest BCUT2D eigenvalue weighted by atomic mass is 9.94. The van der Waals surface area contributed by atoms with Gasteiger partial charge in [-0.25, -0.2) is 0 Å². The van der Waals surface area contributed by atoms with Gasteiger partial charge in [0.2, 0.25) is 0 Å². The zero-order valence-electron chi connectivity index (χ0n) is 11.5. The van der Waals surface area contributed by atoms with E-state index in [1.165, 1.54) is 30.4 Å². The summed E-state index contributed by atoms with van der Waals surface area (Å²) in [6.45, 7) is 2.30. The second-order valence-corrected chi connectivity index (χ2v) is 7.46. The van der Waals surface area contributed by atoms with E-state index in [1.807, 2.05) is 0 Å². The highest BCUT2D eigenvalue weighted by molar-refractivity contribution is 6.51. The van der Waals surface area contributed by atoms with Gasteiger partial charge in [0.1, 0.15) is 0 Å². The first-order valence-corrected chi connectivity index (χ1v) is 8.22. The van der Waals surface area contributed by atoms with Gasteiger partial charge in [-0.3, -0.25) is 0 Å². The van der Waals surface area contributed by atoms with Gasteiger partial charge in [-0.1, -0.05) is 73.2 Å². The van der Waals surface area contributed by atoms with Crippen LogP contribution in [-0.2, 0) is 6.42 Å². The third-order valence-corrected chi connectivity index (χ3v) is 5.78. The van der Waals surface area contributed by atoms with E-state index in [0.717, 1.165) is 15.9 Å². The Morgan fingerprint density at radius 2 is 2.11 bits per heavy atom. The molecule has 0 bridgehead atoms. The Morgan fingerprint density at radius 3 is 2.84 bits per heavy atom. The first kappa shape index (κ1) is 12.7. The van der Waals surface area contributed by atoms with Crippen molar-refractivity contribution >= 4 is 15.6 Å². The smallest absolute Gasteiger partial charge is 0.0840 e. The number of fused-ring (bicyclic) bond motifs is 1. The number of rotatable bonds is 4. The molecule has 1 unspecified atom stereocenters. The molecule has 0 fully saturated rings. The van der Waals surface area contributed by atoms with Gasteiger partial charge in [0.15, 0.2) is 0 Å². The van der Waals surface area contributed by atoms with Crippen LogP contribution in [0, 0.1) is 0 Å². The van der Waals surface area contributed by atoms with Crippen molar-refractivity contribution in [3.8, 4) is 0 Å². The van der Waals surface area contributed by atoms with Crippen LogP contribution in [0.4, 0.5) is 0 Å². The molecule has 96 valence electrons. The van der Waals surface area contributed by atoms with Crippen molar-refractivity contribution in [1.82, 2.24) is 0 Å². The molecule has 0 saturated heterocycles. The summed E-state index contributed by atoms with van der Waals surface area (Å²) in [4.78, 5) is 0. The molecule has 0 aliphatic heterocycles. The number of benzene rings is 1. The summed E-state index contributed by atoms with van der Waals surface area (Å²) in [7, 11) is 0.932. The Balaban J connectivity index is 1.78. The summed E-state index contributed by atoms with van der Waals surface area (Å²) in [5.41, 5.74) is 2.94. The second kappa shape index (κ2) is 5.34. The molecule has 0 spiro atoms. The van der Waals surface area contributed by atoms with E-state index in [2.05, 4.69) is 61.6 Å². The predicted molar refractivity (Wildman–Crippen MR) is 84.4 cm³/mol. The lowest BCUT2D eigenvalue weighted by Crippen LogP contribution is -2.21. The molecule has 3 rings (SSSR count). The van der Waals surface area contributed by atoms with Crippen molar-refractivity contribution in [3.63, 3.8) is 0 Å². The van der Waals surface area contributed by atoms with Crippen LogP contribution < -0.4 is 0 Å². The van der Waals surface area contributed by atoms with Gasteiger partial charge in [-0.2, -0.15) is 0 Å². The Bertz CT molecular complexity index is 551. The molecular weight excluding hydrogens is 244 g/mol. The van der Waals surface area contributed by atoms with Crippen molar-refractivity contribution in [2.24, 2.45) is 0 Å². The normalized spacial score (nSPS) is 24.4. The third kappa shape index (κ3) is 2.66. The van der Waals surface area contributed by atoms with Crippen LogP contribution in [0.5, 0.6) is 0 Å². The van der Waals surface area contributed by atoms with Gasteiger partial charge < -0.3 is 0 Å². The van der Waals surface area contributed by atoms with Crippen LogP contribution in [0.25, 0.3) is 6.08 Å². The summed E-state index contributed by atoms with van der Waals surface area (Å²) in [6, 6.07) is 8.82. The van der Waals surface area contributed by atoms with Gasteiger partial charge in [-0.05, 0) is 35.4 Å². The summed E-state index contributed by atoms with van der Waals surface area (Å²) < 4.78 is 0. The second-order valence-electron chi connectivity index (χ2n) is 5.57. The molecule has 2 aliphatic rings. The maximum absolute atomic E-state index is 2.46. The van der Waals surface area contributed by atoms with Crippen LogP contribution in [0.3, 0.4) is 0 Å². The Morgan fingerprint density at radius 1 is 1.21 bits per heavy atom. The lowest BCUT2D eigenvalue weighted by Gasteiger charge is -2.31. The summed E-state index contributed by atoms with van der Waals surface area (Å²) >= 11 is 0. The van der Waals surface area contributed by atoms with Gasteiger partial charge in [-0.15, -0.1) is 0 Å². The first-order valence-electron chi connectivity index (χ1n) is 7.22. The maximum atomic E-state index is 2.46. The topological polar surface area (TPSA) is 0 Å². The fourth-order valence-corrected chi connectivity index (χ4v) is 5.05. The number of hydrogen-bond donors (Lipinski definition) is 0. The molecule has 0 heterocycles. The zero-order valence-corrected chi connectivity index (χ0v) is 12.5. The molecule has 1 aromatic carbocycles. The molecular formula is C18H20Si. The molecule has 2 aliphatic carbocycles. The van der Waals surface area contributed by atoms with Crippen molar-refractivity contribution in [2.45, 2.75) is 37.6 Å². The largest absolute Gasteiger partial charge is 0.0875 e. The van der Waals surface area contributed by atoms with Crippen LogP contribution >= 0.6 is 0 Å². The third-order valence-electron chi connectivity index (χ3n) is 4.02. The van der Waals surface area contributed by atoms with E-state index in [1.54, 1.807) is 5.20 Å². The molecule has 1 aromatic rings. The predicted octanol–water partition coefficient (Wildman–Crippen LogP) is 4.76. The zero-order chi connectivity index (χ0) is 13.1. The van der Waals surface area contributed by atoms with E-state index < -0.39 is 0 Å². The molecule has 0 saturated carbocycles. The van der Waals surface area contributed by atoms with Crippen molar-refractivity contribution in [3.05, 3.63) is 64.9 Å². The first-order chi connectivity index (χ1) is 9.31. The minimum Gasteiger partial charge on any atom is -0.0840 e. The van der Waals surface area contributed by atoms with E-state index >= 15 is 0 Å². The summed E-state index contributed by atoms with van der Waals surface area (Å²) in [5.74, 6) is 0. The minimum absolute atomic E-state index is 0.400. The maximum Gasteiger partial charge on any atom is 0.0875 e. The molecule has 0 aromatic heterocycles. The van der Waals surface area contributed by atoms with Crippen LogP contribution in [0.15, 0.2) is 53.8 Å². The van der Waals surface area contributed by atoms with Crippen LogP contribution in [0.2, 0.25) is 5.04 Å². The lowest BCUT2D eigenvalue weighted by molar-refractivity contribution is 0.601. The Kier molecular flexibility index (Phi) is 3.56. The fraction of sp³-hybridized carbons (Fsp3) is 0.333. The van der Waals surface area contributed by atoms with Gasteiger partial charge in [0, 0.05) is 0 Å². The Labute approximate surface area is 118 Å². The molecule has 1 atom stereocenters. The summed E-state index contributed by atoms with van der Waals surface area (Å²) in [6.07, 6.45) is 16.6. The molecule has 19 heavy (non-hydrogen) atoms. The van der Waals surface area contributed by atoms with E-state index in [4.69, 9.17) is 0 Å². The highest BCUT2D eigenvalue weighted by Crippen LogP contribution is 2.42. The Hall–Kier alpha value is -1.34. The molecule has 0 nitrogen and oxygen atoms in total. The van der Waals surface area contributed by atoms with Crippen molar-refractivity contribution < 1.29 is 0 Å². The van der Waals surface area contributed by atoms with E-state index in [-0.39, 0.29) is 0 Å². The molecule has 1 heteroatoms. The fourth-order valence-electron chi connectivity index (χ4n) is 3.13. The molecule has 2 radical (unpaired) electrons. The molecule has 0 amide bonds. The van der Waals surface area contributed by atoms with Crippen molar-refractivity contribution in [2.75, 3.05) is 0 Å². The standard InChI is InChI=1S/C18H20Si/c1-2-10-18(11-6-3-7-12-18)19-17-13-15-8-4-5-9-16(15)14-17/h3-9,11,13H,2,10,12,14H2,1H3. The van der Waals surface area contributed by atoms with E-state index in [0.29, 0.717) is 5.04 Å². The molecule has 0 N–H and O–H groups in total. The quantitative estimate of drug-likeness (QED) is 0.688. The highest BCUT2D eigenvalue weighted by atomic mass is 28.2. The number of allylic oxidation sites excluding steroid dienone is 5. The van der Waals surface area contributed by atoms with E-state index in [9.17, 15) is 0 Å². The average molecular weight is 264 g/mol. The number of hydrogen-bond acceptors (Lipinski definition) is 0. The summed E-state index contributed by atoms with van der Waals surface area (Å²) in [5, 5.41) is 2.03. The van der Waals surface area contributed by atoms with Gasteiger partial charge in [0.25, 0.3) is 0 Å². The van der Waals surface area contributed by atoms with Crippen LogP contribution in [0.1, 0.15) is 37.3 Å². The SMILES string of the molecule is CCCC1([Si]C2=Cc3ccccc3C2)C=CC=CC1. The monoisotopic (exact) mass is 264 g/mol. The van der Waals surface area contributed by atoms with Gasteiger partial charge >= 0.3 is 0 Å².